The molecule has 1 unspecified atom stereocenters. The lowest BCUT2D eigenvalue weighted by Crippen LogP contribution is -2.40. The number of hydrogen-bond acceptors (Lipinski definition) is 2. The Kier molecular flexibility index (Phi) is 4.38. The van der Waals surface area contributed by atoms with Crippen molar-refractivity contribution < 1.29 is 33.0 Å². The van der Waals surface area contributed by atoms with E-state index < -0.39 is 34.7 Å². The lowest BCUT2D eigenvalue weighted by atomic mass is 9.74. The minimum absolute atomic E-state index is 0.0723. The molecule has 7 heteroatoms. The highest BCUT2D eigenvalue weighted by molar-refractivity contribution is 6.01. The standard InChI is InChI=1S/C17H13F3O4/c1-16(17(18,19)20,10-5-3-2-4-6-10)11-7-8-12(14(21)22)13(9-11)15(23)24/h2-9H,1H3,(H,21,22)(H,23,24). The molecule has 0 bridgehead atoms. The Labute approximate surface area is 135 Å². The molecule has 2 aromatic rings. The van der Waals surface area contributed by atoms with Crippen LogP contribution in [0.4, 0.5) is 13.2 Å². The summed E-state index contributed by atoms with van der Waals surface area (Å²) in [5, 5.41) is 18.1. The first-order valence-electron chi connectivity index (χ1n) is 6.82. The van der Waals surface area contributed by atoms with E-state index >= 15 is 0 Å². The molecule has 2 N–H and O–H groups in total. The third-order valence-corrected chi connectivity index (χ3v) is 3.98. The van der Waals surface area contributed by atoms with Crippen molar-refractivity contribution in [2.24, 2.45) is 0 Å². The highest BCUT2D eigenvalue weighted by atomic mass is 19.4. The second-order valence-electron chi connectivity index (χ2n) is 5.36. The Morgan fingerprint density at radius 2 is 1.38 bits per heavy atom. The first kappa shape index (κ1) is 17.5. The molecular weight excluding hydrogens is 325 g/mol. The molecule has 0 aromatic heterocycles. The van der Waals surface area contributed by atoms with Crippen LogP contribution in [0.5, 0.6) is 0 Å². The molecule has 0 aliphatic carbocycles. The van der Waals surface area contributed by atoms with E-state index in [0.29, 0.717) is 0 Å². The molecule has 4 nitrogen and oxygen atoms in total. The molecule has 0 radical (unpaired) electrons. The Bertz CT molecular complexity index is 784. The molecule has 0 saturated heterocycles. The van der Waals surface area contributed by atoms with Crippen molar-refractivity contribution in [2.75, 3.05) is 0 Å². The Balaban J connectivity index is 2.76. The van der Waals surface area contributed by atoms with Gasteiger partial charge in [-0.3, -0.25) is 0 Å². The largest absolute Gasteiger partial charge is 0.478 e. The number of hydrogen-bond donors (Lipinski definition) is 2. The second kappa shape index (κ2) is 5.99. The van der Waals surface area contributed by atoms with Crippen molar-refractivity contribution in [2.45, 2.75) is 18.5 Å². The zero-order chi connectivity index (χ0) is 18.1. The first-order chi connectivity index (χ1) is 11.1. The molecule has 1 atom stereocenters. The summed E-state index contributed by atoms with van der Waals surface area (Å²) in [6, 6.07) is 9.69. The molecule has 0 saturated carbocycles. The van der Waals surface area contributed by atoms with Gasteiger partial charge in [-0.1, -0.05) is 36.4 Å². The minimum atomic E-state index is -4.71. The smallest absolute Gasteiger partial charge is 0.402 e. The van der Waals surface area contributed by atoms with E-state index in [1.54, 1.807) is 6.07 Å². The zero-order valence-corrected chi connectivity index (χ0v) is 12.5. The molecule has 0 aliphatic heterocycles. The second-order valence-corrected chi connectivity index (χ2v) is 5.36. The summed E-state index contributed by atoms with van der Waals surface area (Å²) in [6.07, 6.45) is -4.71. The minimum Gasteiger partial charge on any atom is -0.478 e. The van der Waals surface area contributed by atoms with Crippen LogP contribution < -0.4 is 0 Å². The van der Waals surface area contributed by atoms with Crippen molar-refractivity contribution in [1.82, 2.24) is 0 Å². The molecule has 0 spiro atoms. The highest BCUT2D eigenvalue weighted by Gasteiger charge is 2.53. The summed E-state index contributed by atoms with van der Waals surface area (Å²) in [6.45, 7) is 0.934. The fourth-order valence-electron chi connectivity index (χ4n) is 2.48. The van der Waals surface area contributed by atoms with E-state index in [2.05, 4.69) is 0 Å². The van der Waals surface area contributed by atoms with Crippen LogP contribution in [0.1, 0.15) is 38.8 Å². The third kappa shape index (κ3) is 2.84. The van der Waals surface area contributed by atoms with Crippen LogP contribution in [0.2, 0.25) is 0 Å². The molecule has 2 aromatic carbocycles. The highest BCUT2D eigenvalue weighted by Crippen LogP contribution is 2.46. The number of benzene rings is 2. The number of halogens is 3. The fourth-order valence-corrected chi connectivity index (χ4v) is 2.48. The van der Waals surface area contributed by atoms with Crippen LogP contribution in [0.3, 0.4) is 0 Å². The first-order valence-corrected chi connectivity index (χ1v) is 6.82. The van der Waals surface area contributed by atoms with Gasteiger partial charge < -0.3 is 10.2 Å². The van der Waals surface area contributed by atoms with Crippen LogP contribution in [-0.2, 0) is 5.41 Å². The normalized spacial score (nSPS) is 14.0. The summed E-state index contributed by atoms with van der Waals surface area (Å²) in [7, 11) is 0. The van der Waals surface area contributed by atoms with Gasteiger partial charge in [0, 0.05) is 0 Å². The SMILES string of the molecule is CC(c1ccccc1)(c1ccc(C(=O)O)c(C(=O)O)c1)C(F)(F)F. The average molecular weight is 338 g/mol. The molecule has 0 heterocycles. The van der Waals surface area contributed by atoms with Gasteiger partial charge in [-0.15, -0.1) is 0 Å². The summed E-state index contributed by atoms with van der Waals surface area (Å²) < 4.78 is 41.4. The van der Waals surface area contributed by atoms with Crippen LogP contribution in [0, 0.1) is 0 Å². The van der Waals surface area contributed by atoms with Crippen LogP contribution >= 0.6 is 0 Å². The Morgan fingerprint density at radius 3 is 1.83 bits per heavy atom. The number of carboxylic acid groups (broad SMARTS) is 2. The van der Waals surface area contributed by atoms with E-state index in [1.165, 1.54) is 24.3 Å². The van der Waals surface area contributed by atoms with E-state index in [1.807, 2.05) is 0 Å². The molecular formula is C17H13F3O4. The van der Waals surface area contributed by atoms with Gasteiger partial charge in [0.1, 0.15) is 5.41 Å². The van der Waals surface area contributed by atoms with Gasteiger partial charge in [0.05, 0.1) is 11.1 Å². The van der Waals surface area contributed by atoms with Crippen molar-refractivity contribution in [3.8, 4) is 0 Å². The van der Waals surface area contributed by atoms with Crippen LogP contribution in [0.25, 0.3) is 0 Å². The van der Waals surface area contributed by atoms with E-state index in [9.17, 15) is 22.8 Å². The Hall–Kier alpha value is -2.83. The zero-order valence-electron chi connectivity index (χ0n) is 12.5. The molecule has 126 valence electrons. The molecule has 0 amide bonds. The van der Waals surface area contributed by atoms with Crippen molar-refractivity contribution in [3.63, 3.8) is 0 Å². The van der Waals surface area contributed by atoms with E-state index in [4.69, 9.17) is 10.2 Å². The number of carbonyl (C=O) groups is 2. The monoisotopic (exact) mass is 338 g/mol. The maximum Gasteiger partial charge on any atom is 0.402 e. The van der Waals surface area contributed by atoms with Gasteiger partial charge in [0.25, 0.3) is 0 Å². The lowest BCUT2D eigenvalue weighted by Gasteiger charge is -2.33. The number of aromatic carboxylic acids is 2. The maximum atomic E-state index is 13.8. The van der Waals surface area contributed by atoms with Crippen LogP contribution in [0.15, 0.2) is 48.5 Å². The van der Waals surface area contributed by atoms with Crippen molar-refractivity contribution in [3.05, 3.63) is 70.8 Å². The molecule has 0 fully saturated rings. The topological polar surface area (TPSA) is 74.6 Å². The lowest BCUT2D eigenvalue weighted by molar-refractivity contribution is -0.173. The molecule has 0 aliphatic rings. The van der Waals surface area contributed by atoms with E-state index in [0.717, 1.165) is 25.1 Å². The fraction of sp³-hybridized carbons (Fsp3) is 0.176. The number of alkyl halides is 3. The van der Waals surface area contributed by atoms with Crippen molar-refractivity contribution in [1.29, 1.82) is 0 Å². The van der Waals surface area contributed by atoms with Gasteiger partial charge in [-0.05, 0) is 30.2 Å². The predicted molar refractivity (Wildman–Crippen MR) is 79.3 cm³/mol. The Morgan fingerprint density at radius 1 is 0.833 bits per heavy atom. The predicted octanol–water partition coefficient (Wildman–Crippen LogP) is 3.95. The summed E-state index contributed by atoms with van der Waals surface area (Å²) in [5.41, 5.74) is -4.15. The third-order valence-electron chi connectivity index (χ3n) is 3.98. The molecule has 24 heavy (non-hydrogen) atoms. The average Bonchev–Trinajstić information content (AvgIpc) is 2.53. The maximum absolute atomic E-state index is 13.8. The number of carboxylic acids is 2. The van der Waals surface area contributed by atoms with Crippen LogP contribution in [-0.4, -0.2) is 28.3 Å². The van der Waals surface area contributed by atoms with Gasteiger partial charge in [0.2, 0.25) is 0 Å². The summed E-state index contributed by atoms with van der Waals surface area (Å²) in [4.78, 5) is 22.3. The van der Waals surface area contributed by atoms with Gasteiger partial charge in [-0.25, -0.2) is 9.59 Å². The van der Waals surface area contributed by atoms with Gasteiger partial charge in [0.15, 0.2) is 0 Å². The molecule has 2 rings (SSSR count). The quantitative estimate of drug-likeness (QED) is 0.885. The van der Waals surface area contributed by atoms with Crippen molar-refractivity contribution >= 4 is 11.9 Å². The summed E-state index contributed by atoms with van der Waals surface area (Å²) in [5.74, 6) is -3.13. The summed E-state index contributed by atoms with van der Waals surface area (Å²) >= 11 is 0. The number of rotatable bonds is 4. The van der Waals surface area contributed by atoms with E-state index in [-0.39, 0.29) is 11.1 Å². The van der Waals surface area contributed by atoms with Gasteiger partial charge in [-0.2, -0.15) is 13.2 Å². The van der Waals surface area contributed by atoms with Gasteiger partial charge >= 0.3 is 18.1 Å².